The first-order valence-electron chi connectivity index (χ1n) is 11.7. The van der Waals surface area contributed by atoms with Gasteiger partial charge in [-0.3, -0.25) is 14.5 Å². The van der Waals surface area contributed by atoms with E-state index in [9.17, 15) is 19.5 Å². The molecule has 1 unspecified atom stereocenters. The zero-order chi connectivity index (χ0) is 25.8. The maximum Gasteiger partial charge on any atom is 0.338 e. The third kappa shape index (κ3) is 4.73. The van der Waals surface area contributed by atoms with Gasteiger partial charge in [0.05, 0.1) is 30.4 Å². The summed E-state index contributed by atoms with van der Waals surface area (Å²) in [4.78, 5) is 40.0. The van der Waals surface area contributed by atoms with Crippen LogP contribution >= 0.6 is 0 Å². The molecule has 0 saturated carbocycles. The molecule has 1 saturated heterocycles. The quantitative estimate of drug-likeness (QED) is 0.214. The highest BCUT2D eigenvalue weighted by Gasteiger charge is 2.47. The van der Waals surface area contributed by atoms with Crippen LogP contribution in [-0.2, 0) is 14.3 Å². The maximum atomic E-state index is 13.3. The summed E-state index contributed by atoms with van der Waals surface area (Å²) in [6, 6.07) is 19.6. The summed E-state index contributed by atoms with van der Waals surface area (Å²) in [5.74, 6) is -1.67. The molecule has 0 aliphatic carbocycles. The van der Waals surface area contributed by atoms with E-state index in [-0.39, 0.29) is 17.9 Å². The average Bonchev–Trinajstić information content (AvgIpc) is 3.15. The lowest BCUT2D eigenvalue weighted by Gasteiger charge is -2.26. The molecule has 184 valence electrons. The normalized spacial score (nSPS) is 16.8. The largest absolute Gasteiger partial charge is 0.507 e. The van der Waals surface area contributed by atoms with Crippen molar-refractivity contribution in [3.05, 3.63) is 101 Å². The lowest BCUT2D eigenvalue weighted by molar-refractivity contribution is -0.132. The zero-order valence-electron chi connectivity index (χ0n) is 20.4. The van der Waals surface area contributed by atoms with E-state index in [1.54, 1.807) is 55.5 Å². The van der Waals surface area contributed by atoms with Crippen LogP contribution in [0.3, 0.4) is 0 Å². The van der Waals surface area contributed by atoms with Crippen LogP contribution in [0.1, 0.15) is 46.9 Å². The van der Waals surface area contributed by atoms with E-state index in [4.69, 9.17) is 9.47 Å². The number of ketones is 1. The van der Waals surface area contributed by atoms with Crippen LogP contribution in [-0.4, -0.2) is 36.0 Å². The molecular weight excluding hydrogens is 458 g/mol. The molecule has 36 heavy (non-hydrogen) atoms. The third-order valence-corrected chi connectivity index (χ3v) is 5.90. The van der Waals surface area contributed by atoms with Crippen LogP contribution in [0.2, 0.25) is 0 Å². The van der Waals surface area contributed by atoms with Gasteiger partial charge in [0, 0.05) is 11.3 Å². The number of benzene rings is 3. The molecule has 0 bridgehead atoms. The monoisotopic (exact) mass is 485 g/mol. The van der Waals surface area contributed by atoms with Crippen LogP contribution in [0, 0.1) is 6.92 Å². The Bertz CT molecular complexity index is 1320. The fourth-order valence-electron chi connectivity index (χ4n) is 4.26. The van der Waals surface area contributed by atoms with Gasteiger partial charge >= 0.3 is 5.97 Å². The Kier molecular flexibility index (Phi) is 7.20. The van der Waals surface area contributed by atoms with Crippen molar-refractivity contribution in [1.29, 1.82) is 0 Å². The molecule has 1 aliphatic rings. The Morgan fingerprint density at radius 1 is 0.917 bits per heavy atom. The van der Waals surface area contributed by atoms with Crippen LogP contribution < -0.4 is 9.64 Å². The Balaban J connectivity index is 1.83. The summed E-state index contributed by atoms with van der Waals surface area (Å²) in [6.07, 6.45) is 0. The number of ether oxygens (including phenoxy) is 2. The first-order chi connectivity index (χ1) is 17.3. The van der Waals surface area contributed by atoms with Crippen molar-refractivity contribution in [1.82, 2.24) is 0 Å². The van der Waals surface area contributed by atoms with E-state index in [2.05, 4.69) is 0 Å². The molecule has 0 aromatic heterocycles. The minimum absolute atomic E-state index is 0.00997. The number of nitrogens with zero attached hydrogens (tertiary/aromatic N) is 1. The second-order valence-corrected chi connectivity index (χ2v) is 8.31. The Morgan fingerprint density at radius 2 is 1.58 bits per heavy atom. The molecule has 4 rings (SSSR count). The predicted octanol–water partition coefficient (Wildman–Crippen LogP) is 5.20. The van der Waals surface area contributed by atoms with Crippen LogP contribution in [0.15, 0.2) is 78.4 Å². The number of aliphatic hydroxyl groups is 1. The molecule has 0 spiro atoms. The number of aryl methyl sites for hydroxylation is 1. The van der Waals surface area contributed by atoms with Crippen molar-refractivity contribution in [2.24, 2.45) is 0 Å². The summed E-state index contributed by atoms with van der Waals surface area (Å²) in [7, 11) is 0. The van der Waals surface area contributed by atoms with Crippen molar-refractivity contribution < 1.29 is 29.0 Å². The highest BCUT2D eigenvalue weighted by atomic mass is 16.5. The van der Waals surface area contributed by atoms with Crippen molar-refractivity contribution >= 4 is 29.1 Å². The smallest absolute Gasteiger partial charge is 0.338 e. The van der Waals surface area contributed by atoms with Crippen molar-refractivity contribution in [2.45, 2.75) is 26.8 Å². The molecule has 1 amide bonds. The van der Waals surface area contributed by atoms with Gasteiger partial charge in [0.2, 0.25) is 0 Å². The van der Waals surface area contributed by atoms with Gasteiger partial charge < -0.3 is 14.6 Å². The fourth-order valence-corrected chi connectivity index (χ4v) is 4.26. The lowest BCUT2D eigenvalue weighted by atomic mass is 9.94. The number of aliphatic hydroxyl groups excluding tert-OH is 1. The van der Waals surface area contributed by atoms with Gasteiger partial charge in [0.25, 0.3) is 11.7 Å². The number of carbonyl (C=O) groups excluding carboxylic acids is 3. The molecule has 1 heterocycles. The van der Waals surface area contributed by atoms with Gasteiger partial charge in [-0.1, -0.05) is 29.8 Å². The van der Waals surface area contributed by atoms with E-state index in [1.165, 1.54) is 4.90 Å². The van der Waals surface area contributed by atoms with Crippen molar-refractivity contribution in [3.8, 4) is 5.75 Å². The minimum atomic E-state index is -0.857. The average molecular weight is 486 g/mol. The summed E-state index contributed by atoms with van der Waals surface area (Å²) < 4.78 is 10.5. The topological polar surface area (TPSA) is 93.1 Å². The van der Waals surface area contributed by atoms with Crippen LogP contribution in [0.25, 0.3) is 5.76 Å². The van der Waals surface area contributed by atoms with Gasteiger partial charge in [-0.05, 0) is 74.9 Å². The van der Waals surface area contributed by atoms with Gasteiger partial charge in [0.15, 0.2) is 0 Å². The molecule has 1 N–H and O–H groups in total. The molecule has 1 aliphatic heterocycles. The number of carbonyl (C=O) groups is 3. The number of hydrogen-bond acceptors (Lipinski definition) is 6. The van der Waals surface area contributed by atoms with Gasteiger partial charge in [0.1, 0.15) is 11.5 Å². The number of esters is 1. The van der Waals surface area contributed by atoms with Gasteiger partial charge in [-0.25, -0.2) is 4.79 Å². The number of rotatable bonds is 7. The van der Waals surface area contributed by atoms with Gasteiger partial charge in [-0.2, -0.15) is 0 Å². The molecule has 3 aromatic carbocycles. The standard InChI is InChI=1S/C29H27NO6/c1-4-35-23-15-11-19(12-16-23)26(31)24-25(21-8-6-7-18(3)17-21)30(28(33)27(24)32)22-13-9-20(10-14-22)29(34)36-5-2/h6-17,25,31H,4-5H2,1-3H3/b26-24+. The third-order valence-electron chi connectivity index (χ3n) is 5.90. The molecule has 7 heteroatoms. The highest BCUT2D eigenvalue weighted by Crippen LogP contribution is 2.42. The zero-order valence-corrected chi connectivity index (χ0v) is 20.4. The van der Waals surface area contributed by atoms with Crippen LogP contribution in [0.5, 0.6) is 5.75 Å². The molecular formula is C29H27NO6. The van der Waals surface area contributed by atoms with E-state index in [1.807, 2.05) is 38.1 Å². The Labute approximate surface area is 209 Å². The van der Waals surface area contributed by atoms with Gasteiger partial charge in [-0.15, -0.1) is 0 Å². The number of hydrogen-bond donors (Lipinski definition) is 1. The second-order valence-electron chi connectivity index (χ2n) is 8.31. The summed E-state index contributed by atoms with van der Waals surface area (Å²) >= 11 is 0. The van der Waals surface area contributed by atoms with E-state index in [0.29, 0.717) is 34.7 Å². The number of amides is 1. The lowest BCUT2D eigenvalue weighted by Crippen LogP contribution is -2.29. The molecule has 0 radical (unpaired) electrons. The maximum absolute atomic E-state index is 13.3. The van der Waals surface area contributed by atoms with E-state index in [0.717, 1.165) is 5.56 Å². The minimum Gasteiger partial charge on any atom is -0.507 e. The Hall–Kier alpha value is -4.39. The highest BCUT2D eigenvalue weighted by molar-refractivity contribution is 6.51. The number of Topliss-reactive ketones (excluding diaryl/α,β-unsaturated/α-hetero) is 1. The molecule has 1 atom stereocenters. The molecule has 7 nitrogen and oxygen atoms in total. The summed E-state index contributed by atoms with van der Waals surface area (Å²) in [5, 5.41) is 11.2. The van der Waals surface area contributed by atoms with E-state index < -0.39 is 23.7 Å². The second kappa shape index (κ2) is 10.5. The van der Waals surface area contributed by atoms with Crippen molar-refractivity contribution in [3.63, 3.8) is 0 Å². The molecule has 3 aromatic rings. The fraction of sp³-hybridized carbons (Fsp3) is 0.207. The predicted molar refractivity (Wildman–Crippen MR) is 136 cm³/mol. The number of anilines is 1. The first kappa shape index (κ1) is 24.7. The Morgan fingerprint density at radius 3 is 2.19 bits per heavy atom. The van der Waals surface area contributed by atoms with E-state index >= 15 is 0 Å². The first-order valence-corrected chi connectivity index (χ1v) is 11.7. The van der Waals surface area contributed by atoms with Crippen molar-refractivity contribution in [2.75, 3.05) is 18.1 Å². The molecule has 1 fully saturated rings. The van der Waals surface area contributed by atoms with Crippen LogP contribution in [0.4, 0.5) is 5.69 Å². The summed E-state index contributed by atoms with van der Waals surface area (Å²) in [5.41, 5.74) is 2.75. The summed E-state index contributed by atoms with van der Waals surface area (Å²) in [6.45, 7) is 6.25. The SMILES string of the molecule is CCOC(=O)c1ccc(N2C(=O)C(=O)/C(=C(/O)c3ccc(OCC)cc3)C2c2cccc(C)c2)cc1.